The first-order chi connectivity index (χ1) is 10.1. The lowest BCUT2D eigenvalue weighted by Gasteiger charge is -2.16. The lowest BCUT2D eigenvalue weighted by Crippen LogP contribution is -2.20. The lowest BCUT2D eigenvalue weighted by atomic mass is 10.4. The van der Waals surface area contributed by atoms with Gasteiger partial charge < -0.3 is 10.6 Å². The van der Waals surface area contributed by atoms with E-state index in [-0.39, 0.29) is 5.95 Å². The number of hydrogen-bond donors (Lipinski definition) is 1. The van der Waals surface area contributed by atoms with Crippen LogP contribution in [-0.2, 0) is 6.54 Å². The Morgan fingerprint density at radius 2 is 2.19 bits per heavy atom. The van der Waals surface area contributed by atoms with E-state index in [4.69, 9.17) is 17.3 Å². The molecule has 0 saturated carbocycles. The first kappa shape index (κ1) is 13.8. The summed E-state index contributed by atoms with van der Waals surface area (Å²) in [5, 5.41) is 0. The van der Waals surface area contributed by atoms with Crippen LogP contribution in [0.5, 0.6) is 0 Å². The third-order valence-electron chi connectivity index (χ3n) is 2.73. The topological polar surface area (TPSA) is 85.8 Å². The van der Waals surface area contributed by atoms with Gasteiger partial charge in [0.25, 0.3) is 0 Å². The summed E-state index contributed by atoms with van der Waals surface area (Å²) < 4.78 is 2.44. The van der Waals surface area contributed by atoms with E-state index < -0.39 is 0 Å². The fraction of sp³-hybridized carbons (Fsp3) is 0.167. The van der Waals surface area contributed by atoms with Gasteiger partial charge in [0.1, 0.15) is 6.33 Å². The Balaban J connectivity index is 1.87. The zero-order valence-electron chi connectivity index (χ0n) is 11.1. The highest BCUT2D eigenvalue weighted by atomic mass is 35.5. The molecule has 0 atom stereocenters. The molecule has 21 heavy (non-hydrogen) atoms. The Morgan fingerprint density at radius 3 is 2.86 bits per heavy atom. The monoisotopic (exact) mass is 321 g/mol. The van der Waals surface area contributed by atoms with Crippen molar-refractivity contribution in [3.05, 3.63) is 40.1 Å². The summed E-state index contributed by atoms with van der Waals surface area (Å²) >= 11 is 7.46. The number of nitrogens with zero attached hydrogens (tertiary/aromatic N) is 6. The second-order valence-electron chi connectivity index (χ2n) is 4.33. The number of nitrogens with two attached hydrogens (primary N) is 1. The van der Waals surface area contributed by atoms with Gasteiger partial charge in [-0.2, -0.15) is 15.0 Å². The molecule has 3 aromatic rings. The van der Waals surface area contributed by atoms with E-state index >= 15 is 0 Å². The van der Waals surface area contributed by atoms with E-state index in [2.05, 4.69) is 19.9 Å². The van der Waals surface area contributed by atoms with Gasteiger partial charge in [-0.3, -0.25) is 4.57 Å². The molecule has 0 fully saturated rings. The molecule has 0 spiro atoms. The Kier molecular flexibility index (Phi) is 3.72. The predicted molar refractivity (Wildman–Crippen MR) is 82.8 cm³/mol. The first-order valence-corrected chi connectivity index (χ1v) is 7.26. The van der Waals surface area contributed by atoms with Gasteiger partial charge in [-0.05, 0) is 12.1 Å². The summed E-state index contributed by atoms with van der Waals surface area (Å²) in [5.41, 5.74) is 5.76. The molecule has 3 aromatic heterocycles. The van der Waals surface area contributed by atoms with E-state index in [0.717, 1.165) is 9.21 Å². The van der Waals surface area contributed by atoms with Crippen LogP contribution in [0, 0.1) is 0 Å². The van der Waals surface area contributed by atoms with Gasteiger partial charge in [0.2, 0.25) is 17.8 Å². The molecule has 0 aliphatic rings. The first-order valence-electron chi connectivity index (χ1n) is 6.07. The third-order valence-corrected chi connectivity index (χ3v) is 3.94. The van der Waals surface area contributed by atoms with Crippen LogP contribution in [0.2, 0.25) is 4.34 Å². The summed E-state index contributed by atoms with van der Waals surface area (Å²) in [7, 11) is 1.89. The summed E-state index contributed by atoms with van der Waals surface area (Å²) in [6.07, 6.45) is 5.01. The molecule has 0 radical (unpaired) electrons. The Morgan fingerprint density at radius 1 is 1.33 bits per heavy atom. The van der Waals surface area contributed by atoms with Crippen molar-refractivity contribution in [2.45, 2.75) is 6.54 Å². The van der Waals surface area contributed by atoms with Crippen molar-refractivity contribution >= 4 is 34.8 Å². The zero-order valence-corrected chi connectivity index (χ0v) is 12.7. The Labute approximate surface area is 130 Å². The van der Waals surface area contributed by atoms with Crippen LogP contribution >= 0.6 is 22.9 Å². The van der Waals surface area contributed by atoms with Crippen molar-refractivity contribution in [1.82, 2.24) is 24.5 Å². The van der Waals surface area contributed by atoms with E-state index in [1.54, 1.807) is 23.3 Å². The SMILES string of the molecule is CN(Cc1ccc(Cl)s1)c1nc(N)nc(-n2ccnc2)n1. The van der Waals surface area contributed by atoms with Gasteiger partial charge in [-0.25, -0.2) is 4.98 Å². The maximum absolute atomic E-state index is 5.94. The van der Waals surface area contributed by atoms with Gasteiger partial charge in [0.15, 0.2) is 0 Å². The number of aromatic nitrogens is 5. The standard InChI is InChI=1S/C12H12ClN7S/c1-19(6-8-2-3-9(13)21-8)11-16-10(14)17-12(18-11)20-5-4-15-7-20/h2-5,7H,6H2,1H3,(H2,14,16,17,18). The van der Waals surface area contributed by atoms with E-state index in [1.165, 1.54) is 11.3 Å². The number of nitrogen functional groups attached to an aromatic ring is 1. The molecule has 0 aromatic carbocycles. The van der Waals surface area contributed by atoms with Gasteiger partial charge >= 0.3 is 0 Å². The van der Waals surface area contributed by atoms with Crippen LogP contribution in [0.25, 0.3) is 5.95 Å². The van der Waals surface area contributed by atoms with Gasteiger partial charge in [0.05, 0.1) is 10.9 Å². The molecule has 3 rings (SSSR count). The smallest absolute Gasteiger partial charge is 0.241 e. The van der Waals surface area contributed by atoms with E-state index in [0.29, 0.717) is 18.4 Å². The molecule has 9 heteroatoms. The largest absolute Gasteiger partial charge is 0.368 e. The molecule has 0 unspecified atom stereocenters. The highest BCUT2D eigenvalue weighted by molar-refractivity contribution is 7.16. The van der Waals surface area contributed by atoms with Crippen molar-refractivity contribution in [2.24, 2.45) is 0 Å². The highest BCUT2D eigenvalue weighted by Crippen LogP contribution is 2.23. The molecule has 0 aliphatic carbocycles. The molecule has 2 N–H and O–H groups in total. The Hall–Kier alpha value is -2.19. The highest BCUT2D eigenvalue weighted by Gasteiger charge is 2.11. The molecule has 108 valence electrons. The maximum atomic E-state index is 5.94. The van der Waals surface area contributed by atoms with Crippen molar-refractivity contribution in [3.8, 4) is 5.95 Å². The normalized spacial score (nSPS) is 10.8. The summed E-state index contributed by atoms with van der Waals surface area (Å²) in [6.45, 7) is 0.643. The number of thiophene rings is 1. The predicted octanol–water partition coefficient (Wildman–Crippen LogP) is 1.99. The summed E-state index contributed by atoms with van der Waals surface area (Å²) in [4.78, 5) is 19.6. The van der Waals surface area contributed by atoms with Crippen LogP contribution in [0.4, 0.5) is 11.9 Å². The van der Waals surface area contributed by atoms with Crippen molar-refractivity contribution in [1.29, 1.82) is 0 Å². The average Bonchev–Trinajstić information content (AvgIpc) is 3.10. The average molecular weight is 322 g/mol. The Bertz CT molecular complexity index is 740. The quantitative estimate of drug-likeness (QED) is 0.791. The van der Waals surface area contributed by atoms with Gasteiger partial charge in [0, 0.05) is 24.3 Å². The van der Waals surface area contributed by atoms with Crippen molar-refractivity contribution in [3.63, 3.8) is 0 Å². The van der Waals surface area contributed by atoms with E-state index in [1.807, 2.05) is 24.1 Å². The minimum absolute atomic E-state index is 0.166. The third kappa shape index (κ3) is 3.11. The van der Waals surface area contributed by atoms with Crippen LogP contribution in [0.3, 0.4) is 0 Å². The summed E-state index contributed by atoms with van der Waals surface area (Å²) in [5.74, 6) is 1.10. The second-order valence-corrected chi connectivity index (χ2v) is 6.13. The molecule has 7 nitrogen and oxygen atoms in total. The molecule has 0 bridgehead atoms. The van der Waals surface area contributed by atoms with Crippen LogP contribution in [0.1, 0.15) is 4.88 Å². The zero-order chi connectivity index (χ0) is 14.8. The van der Waals surface area contributed by atoms with Crippen molar-refractivity contribution in [2.75, 3.05) is 17.7 Å². The van der Waals surface area contributed by atoms with Crippen molar-refractivity contribution < 1.29 is 0 Å². The number of imidazole rings is 1. The van der Waals surface area contributed by atoms with Gasteiger partial charge in [-0.1, -0.05) is 11.6 Å². The van der Waals surface area contributed by atoms with Crippen LogP contribution < -0.4 is 10.6 Å². The fourth-order valence-corrected chi connectivity index (χ4v) is 2.92. The second kappa shape index (κ2) is 5.66. The number of rotatable bonds is 4. The molecule has 0 aliphatic heterocycles. The summed E-state index contributed by atoms with van der Waals surface area (Å²) in [6, 6.07) is 3.85. The van der Waals surface area contributed by atoms with Gasteiger partial charge in [-0.15, -0.1) is 11.3 Å². The van der Waals surface area contributed by atoms with Crippen LogP contribution in [0.15, 0.2) is 30.9 Å². The van der Waals surface area contributed by atoms with Crippen LogP contribution in [-0.4, -0.2) is 31.6 Å². The molecular weight excluding hydrogens is 310 g/mol. The lowest BCUT2D eigenvalue weighted by molar-refractivity contribution is 0.833. The molecular formula is C12H12ClN7S. The minimum atomic E-state index is 0.166. The number of anilines is 2. The number of hydrogen-bond acceptors (Lipinski definition) is 7. The molecule has 0 amide bonds. The molecule has 0 saturated heterocycles. The maximum Gasteiger partial charge on any atom is 0.241 e. The van der Waals surface area contributed by atoms with E-state index in [9.17, 15) is 0 Å². The number of halogens is 1. The molecule has 3 heterocycles. The fourth-order valence-electron chi connectivity index (χ4n) is 1.77. The minimum Gasteiger partial charge on any atom is -0.368 e.